The number of hydrogen-bond donors (Lipinski definition) is 1. The lowest BCUT2D eigenvalue weighted by molar-refractivity contribution is -0.138. The predicted octanol–water partition coefficient (Wildman–Crippen LogP) is 2.20. The molecule has 1 unspecified atom stereocenters. The number of carboxylic acid groups (broad SMARTS) is 1. The van der Waals surface area contributed by atoms with E-state index >= 15 is 0 Å². The van der Waals surface area contributed by atoms with Gasteiger partial charge >= 0.3 is 5.97 Å². The first-order valence-corrected chi connectivity index (χ1v) is 7.15. The summed E-state index contributed by atoms with van der Waals surface area (Å²) in [6.45, 7) is 7.55. The minimum Gasteiger partial charge on any atom is -0.481 e. The number of nitrogens with zero attached hydrogens (tertiary/aromatic N) is 3. The monoisotopic (exact) mass is 281 g/mol. The summed E-state index contributed by atoms with van der Waals surface area (Å²) >= 11 is 0. The Hall–Kier alpha value is -1.43. The summed E-state index contributed by atoms with van der Waals surface area (Å²) in [5, 5.41) is 13.0. The minimum atomic E-state index is -0.747. The van der Waals surface area contributed by atoms with Gasteiger partial charge in [-0.3, -0.25) is 9.69 Å². The number of carbonyl (C=O) groups is 1. The van der Waals surface area contributed by atoms with E-state index in [1.165, 1.54) is 0 Å². The molecule has 0 saturated carbocycles. The highest BCUT2D eigenvalue weighted by molar-refractivity contribution is 5.67. The van der Waals surface area contributed by atoms with Crippen molar-refractivity contribution in [3.8, 4) is 0 Å². The van der Waals surface area contributed by atoms with E-state index in [1.807, 2.05) is 20.8 Å². The summed E-state index contributed by atoms with van der Waals surface area (Å²) in [6, 6.07) is 0.0752. The Bertz CT molecular complexity index is 464. The van der Waals surface area contributed by atoms with Crippen molar-refractivity contribution in [2.75, 3.05) is 6.54 Å². The quantitative estimate of drug-likeness (QED) is 0.911. The molecule has 1 aromatic heterocycles. The van der Waals surface area contributed by atoms with E-state index in [0.29, 0.717) is 18.3 Å². The van der Waals surface area contributed by atoms with Gasteiger partial charge in [-0.15, -0.1) is 0 Å². The van der Waals surface area contributed by atoms with Crippen molar-refractivity contribution in [3.05, 3.63) is 11.7 Å². The zero-order valence-electron chi connectivity index (χ0n) is 12.4. The normalized spacial score (nSPS) is 21.1. The van der Waals surface area contributed by atoms with Gasteiger partial charge in [0.25, 0.3) is 0 Å². The topological polar surface area (TPSA) is 79.5 Å². The van der Waals surface area contributed by atoms with Gasteiger partial charge in [0.15, 0.2) is 5.82 Å². The van der Waals surface area contributed by atoms with Gasteiger partial charge in [0.05, 0.1) is 13.0 Å². The molecule has 112 valence electrons. The fourth-order valence-electron chi connectivity index (χ4n) is 2.50. The smallest absolute Gasteiger partial charge is 0.304 e. The van der Waals surface area contributed by atoms with Crippen molar-refractivity contribution in [3.63, 3.8) is 0 Å². The zero-order valence-corrected chi connectivity index (χ0v) is 12.4. The van der Waals surface area contributed by atoms with Gasteiger partial charge in [0.2, 0.25) is 5.89 Å². The molecule has 20 heavy (non-hydrogen) atoms. The predicted molar refractivity (Wildman–Crippen MR) is 73.3 cm³/mol. The molecular weight excluding hydrogens is 258 g/mol. The largest absolute Gasteiger partial charge is 0.481 e. The summed E-state index contributed by atoms with van der Waals surface area (Å²) in [6.07, 6.45) is 3.29. The second-order valence-corrected chi connectivity index (χ2v) is 6.48. The average molecular weight is 281 g/mol. The van der Waals surface area contributed by atoms with Gasteiger partial charge in [0.1, 0.15) is 0 Å². The first-order valence-electron chi connectivity index (χ1n) is 7.15. The first kappa shape index (κ1) is 15.0. The van der Waals surface area contributed by atoms with Crippen LogP contribution in [0.5, 0.6) is 0 Å². The highest BCUT2D eigenvalue weighted by atomic mass is 16.5. The van der Waals surface area contributed by atoms with Crippen molar-refractivity contribution >= 4 is 5.97 Å². The van der Waals surface area contributed by atoms with Crippen molar-refractivity contribution in [2.24, 2.45) is 0 Å². The molecule has 2 rings (SSSR count). The van der Waals surface area contributed by atoms with Gasteiger partial charge < -0.3 is 9.63 Å². The maximum atomic E-state index is 10.9. The summed E-state index contributed by atoms with van der Waals surface area (Å²) < 4.78 is 5.30. The summed E-state index contributed by atoms with van der Waals surface area (Å²) in [5.41, 5.74) is -0.135. The zero-order chi connectivity index (χ0) is 14.8. The lowest BCUT2D eigenvalue weighted by atomic mass is 9.96. The van der Waals surface area contributed by atoms with Crippen LogP contribution in [0, 0.1) is 0 Å². The Balaban J connectivity index is 2.03. The standard InChI is InChI=1S/C14H23N3O3/c1-14(2,3)13-15-11(20-16-13)9-17-7-5-4-6-10(17)8-12(18)19/h10H,4-9H2,1-3H3,(H,18,19). The summed E-state index contributed by atoms with van der Waals surface area (Å²) in [4.78, 5) is 17.5. The average Bonchev–Trinajstić information content (AvgIpc) is 2.79. The van der Waals surface area contributed by atoms with Gasteiger partial charge in [-0.25, -0.2) is 0 Å². The van der Waals surface area contributed by atoms with Crippen molar-refractivity contribution in [2.45, 2.75) is 64.5 Å². The minimum absolute atomic E-state index is 0.0752. The molecule has 0 spiro atoms. The number of aromatic nitrogens is 2. The molecule has 1 saturated heterocycles. The van der Waals surface area contributed by atoms with Crippen LogP contribution in [0.3, 0.4) is 0 Å². The Labute approximate surface area is 119 Å². The molecule has 0 aliphatic carbocycles. The lowest BCUT2D eigenvalue weighted by Gasteiger charge is -2.33. The van der Waals surface area contributed by atoms with E-state index in [9.17, 15) is 4.79 Å². The summed E-state index contributed by atoms with van der Waals surface area (Å²) in [7, 11) is 0. The van der Waals surface area contributed by atoms with E-state index < -0.39 is 5.97 Å². The molecule has 1 aliphatic heterocycles. The van der Waals surface area contributed by atoms with Crippen LogP contribution in [0.1, 0.15) is 58.2 Å². The number of carboxylic acids is 1. The van der Waals surface area contributed by atoms with Crippen LogP contribution in [-0.4, -0.2) is 38.7 Å². The van der Waals surface area contributed by atoms with Crippen LogP contribution in [0.15, 0.2) is 4.52 Å². The molecule has 0 aromatic carbocycles. The molecule has 1 atom stereocenters. The molecule has 1 aromatic rings. The number of likely N-dealkylation sites (tertiary alicyclic amines) is 1. The van der Waals surface area contributed by atoms with Crippen LogP contribution in [0.4, 0.5) is 0 Å². The van der Waals surface area contributed by atoms with Gasteiger partial charge in [0, 0.05) is 11.5 Å². The molecule has 6 heteroatoms. The summed E-state index contributed by atoms with van der Waals surface area (Å²) in [5.74, 6) is 0.523. The van der Waals surface area contributed by atoms with E-state index in [2.05, 4.69) is 15.0 Å². The number of aliphatic carboxylic acids is 1. The Morgan fingerprint density at radius 1 is 1.45 bits per heavy atom. The van der Waals surface area contributed by atoms with Crippen LogP contribution in [0.25, 0.3) is 0 Å². The Morgan fingerprint density at radius 3 is 2.80 bits per heavy atom. The SMILES string of the molecule is CC(C)(C)c1noc(CN2CCCCC2CC(=O)O)n1. The van der Waals surface area contributed by atoms with Crippen molar-refractivity contribution < 1.29 is 14.4 Å². The number of rotatable bonds is 4. The van der Waals surface area contributed by atoms with Crippen LogP contribution in [-0.2, 0) is 16.8 Å². The fourth-order valence-corrected chi connectivity index (χ4v) is 2.50. The Kier molecular flexibility index (Phi) is 4.42. The molecular formula is C14H23N3O3. The third-order valence-electron chi connectivity index (χ3n) is 3.64. The molecule has 6 nitrogen and oxygen atoms in total. The second kappa shape index (κ2) is 5.91. The van der Waals surface area contributed by atoms with Gasteiger partial charge in [-0.05, 0) is 19.4 Å². The fraction of sp³-hybridized carbons (Fsp3) is 0.786. The first-order chi connectivity index (χ1) is 9.36. The van der Waals surface area contributed by atoms with Gasteiger partial charge in [-0.2, -0.15) is 4.98 Å². The molecule has 2 heterocycles. The third kappa shape index (κ3) is 3.79. The maximum Gasteiger partial charge on any atom is 0.304 e. The maximum absolute atomic E-state index is 10.9. The second-order valence-electron chi connectivity index (χ2n) is 6.48. The van der Waals surface area contributed by atoms with E-state index in [1.54, 1.807) is 0 Å². The van der Waals surface area contributed by atoms with Gasteiger partial charge in [-0.1, -0.05) is 32.3 Å². The van der Waals surface area contributed by atoms with E-state index in [0.717, 1.165) is 25.8 Å². The molecule has 0 bridgehead atoms. The van der Waals surface area contributed by atoms with Crippen LogP contribution in [0.2, 0.25) is 0 Å². The van der Waals surface area contributed by atoms with Crippen LogP contribution < -0.4 is 0 Å². The number of hydrogen-bond acceptors (Lipinski definition) is 5. The van der Waals surface area contributed by atoms with Crippen LogP contribution >= 0.6 is 0 Å². The molecule has 1 aliphatic rings. The lowest BCUT2D eigenvalue weighted by Crippen LogP contribution is -2.40. The molecule has 0 amide bonds. The van der Waals surface area contributed by atoms with E-state index in [-0.39, 0.29) is 17.9 Å². The molecule has 1 fully saturated rings. The highest BCUT2D eigenvalue weighted by Crippen LogP contribution is 2.23. The van der Waals surface area contributed by atoms with Crippen molar-refractivity contribution in [1.82, 2.24) is 15.0 Å². The Morgan fingerprint density at radius 2 is 2.20 bits per heavy atom. The van der Waals surface area contributed by atoms with E-state index in [4.69, 9.17) is 9.63 Å². The highest BCUT2D eigenvalue weighted by Gasteiger charge is 2.27. The number of piperidine rings is 1. The molecule has 0 radical (unpaired) electrons. The third-order valence-corrected chi connectivity index (χ3v) is 3.64. The molecule has 1 N–H and O–H groups in total. The van der Waals surface area contributed by atoms with Crippen molar-refractivity contribution in [1.29, 1.82) is 0 Å².